The van der Waals surface area contributed by atoms with E-state index in [0.29, 0.717) is 94.3 Å². The Kier molecular flexibility index (Phi) is 20.8. The van der Waals surface area contributed by atoms with Crippen LogP contribution in [0.3, 0.4) is 0 Å². The van der Waals surface area contributed by atoms with E-state index in [1.165, 1.54) is 42.5 Å². The normalized spacial score (nSPS) is 11.0. The van der Waals surface area contributed by atoms with Crippen LogP contribution in [0.4, 0.5) is 22.0 Å². The Labute approximate surface area is 495 Å². The van der Waals surface area contributed by atoms with Crippen LogP contribution < -0.4 is 0 Å². The first-order valence-corrected chi connectivity index (χ1v) is 26.5. The quantitative estimate of drug-likeness (QED) is 0.0453. The molecule has 0 saturated carbocycles. The fraction of sp³-hybridized carbons (Fsp3) is 0.262. The van der Waals surface area contributed by atoms with Gasteiger partial charge in [0.25, 0.3) is 0 Å². The summed E-state index contributed by atoms with van der Waals surface area (Å²) in [7, 11) is 3.47. The number of aliphatic carboxylic acids is 5. The third-order valence-electron chi connectivity index (χ3n) is 14.9. The number of aromatic nitrogens is 5. The lowest BCUT2D eigenvalue weighted by molar-refractivity contribution is -0.137. The minimum absolute atomic E-state index is 0.105. The molecule has 0 bridgehead atoms. The number of aliphatic hydroxyl groups excluding tert-OH is 2. The predicted octanol–water partition coefficient (Wildman–Crippen LogP) is 8.69. The van der Waals surface area contributed by atoms with Gasteiger partial charge in [0, 0.05) is 106 Å². The summed E-state index contributed by atoms with van der Waals surface area (Å²) in [6.07, 6.45) is -1.11. The maximum absolute atomic E-state index is 14.0. The van der Waals surface area contributed by atoms with Crippen LogP contribution >= 0.6 is 0 Å². The van der Waals surface area contributed by atoms with Crippen LogP contribution in [-0.2, 0) is 83.3 Å². The number of rotatable bonds is 14. The number of carboxylic acid groups (broad SMARTS) is 5. The van der Waals surface area contributed by atoms with Crippen LogP contribution in [0.25, 0.3) is 54.5 Å². The molecule has 5 aromatic carbocycles. The largest absolute Gasteiger partial charge is 0.505 e. The summed E-state index contributed by atoms with van der Waals surface area (Å²) in [6, 6.07) is 12.8. The van der Waals surface area contributed by atoms with Gasteiger partial charge in [0.05, 0.1) is 67.4 Å². The standard InChI is InChI=1S/2C13H14FNO4.2C12H12FNO3.C11H10FNO3/c1-7-8(5-13(18)19)9-4-12(17)10(14)6-11(9)15(7)2-3-16;1-7-8(6-11(18)19)12-9(15(7)4-5-16)2-3-10(17)13(12)14;1-6-7(4-12(16)17)8-3-11(15)9(13)5-10(8)14(6)2;1-6-7(5-10(16)17)11-8(14(6)2)3-4-9(15)12(11)13;1-5-6(3-11(15)16)7-2-10(14)8(12)4-9(7)13-5/h4,6,16-17H,2-3,5H2,1H3,(H,18,19);2-3,16-17H,4-6H2,1H3,(H,18,19);3,5,15H,4H2,1-2H3,(H,16,17);3-4,15H,5H2,1-2H3,(H,16,17);2,4,13-14H,3H2,1H3,(H,15,16). The molecule has 10 rings (SSSR count). The number of carbonyl (C=O) groups is 5. The van der Waals surface area contributed by atoms with Crippen LogP contribution in [0.15, 0.2) is 60.7 Å². The highest BCUT2D eigenvalue weighted by atomic mass is 19.1. The molecule has 0 unspecified atom stereocenters. The molecule has 468 valence electrons. The summed E-state index contributed by atoms with van der Waals surface area (Å²) in [6.45, 7) is 8.81. The second-order valence-electron chi connectivity index (χ2n) is 20.3. The molecule has 0 fully saturated rings. The second kappa shape index (κ2) is 27.4. The molecule has 5 aromatic heterocycles. The third-order valence-corrected chi connectivity index (χ3v) is 14.9. The van der Waals surface area contributed by atoms with E-state index in [1.54, 1.807) is 73.0 Å². The SMILES string of the molecule is Cc1[nH]c2cc(F)c(O)cc2c1CC(=O)O.Cc1c(CC(=O)O)c2c(F)c(O)ccc2n1C.Cc1c(CC(=O)O)c2c(F)c(O)ccc2n1CCO.Cc1c(CC(=O)O)c2cc(O)c(F)cc2n1C.Cc1c(CC(=O)O)c2cc(O)c(F)cc2n1CCO. The average molecular weight is 1230 g/mol. The number of aryl methyl sites for hydroxylation is 3. The molecule has 10 aromatic rings. The average Bonchev–Trinajstić information content (AvgIpc) is 2.39. The molecule has 0 saturated heterocycles. The van der Waals surface area contributed by atoms with Crippen LogP contribution in [0.1, 0.15) is 56.3 Å². The van der Waals surface area contributed by atoms with Crippen molar-refractivity contribution in [2.75, 3.05) is 13.2 Å². The number of nitrogens with zero attached hydrogens (tertiary/aromatic N) is 4. The predicted molar refractivity (Wildman–Crippen MR) is 311 cm³/mol. The van der Waals surface area contributed by atoms with Gasteiger partial charge in [-0.25, -0.2) is 22.0 Å². The number of hydrogen-bond donors (Lipinski definition) is 13. The van der Waals surface area contributed by atoms with Gasteiger partial charge in [0.15, 0.2) is 57.8 Å². The Balaban J connectivity index is 0.000000176. The third kappa shape index (κ3) is 14.0. The maximum atomic E-state index is 14.0. The van der Waals surface area contributed by atoms with Gasteiger partial charge >= 0.3 is 29.8 Å². The zero-order valence-electron chi connectivity index (χ0n) is 48.2. The fourth-order valence-corrected chi connectivity index (χ4v) is 10.5. The first-order valence-electron chi connectivity index (χ1n) is 26.5. The maximum Gasteiger partial charge on any atom is 0.307 e. The van der Waals surface area contributed by atoms with Gasteiger partial charge in [-0.1, -0.05) is 0 Å². The van der Waals surface area contributed by atoms with Crippen molar-refractivity contribution in [1.29, 1.82) is 0 Å². The molecule has 88 heavy (non-hydrogen) atoms. The van der Waals surface area contributed by atoms with Gasteiger partial charge in [0.2, 0.25) is 0 Å². The first kappa shape index (κ1) is 66.9. The minimum Gasteiger partial charge on any atom is -0.505 e. The van der Waals surface area contributed by atoms with Gasteiger partial charge in [-0.3, -0.25) is 24.0 Å². The number of halogens is 5. The van der Waals surface area contributed by atoms with Crippen molar-refractivity contribution in [3.8, 4) is 28.7 Å². The van der Waals surface area contributed by atoms with Crippen molar-refractivity contribution >= 4 is 84.4 Å². The molecule has 0 amide bonds. The zero-order chi connectivity index (χ0) is 65.7. The number of aromatic amines is 1. The van der Waals surface area contributed by atoms with Crippen molar-refractivity contribution in [3.05, 3.63) is 146 Å². The van der Waals surface area contributed by atoms with Gasteiger partial charge < -0.3 is 84.5 Å². The summed E-state index contributed by atoms with van der Waals surface area (Å²) in [5, 5.41) is 111. The molecule has 13 N–H and O–H groups in total. The zero-order valence-corrected chi connectivity index (χ0v) is 48.2. The van der Waals surface area contributed by atoms with E-state index in [-0.39, 0.29) is 69.2 Å². The molecule has 0 aliphatic rings. The molecule has 0 radical (unpaired) electrons. The minimum atomic E-state index is -1.08. The number of H-pyrrole nitrogens is 1. The van der Waals surface area contributed by atoms with Crippen molar-refractivity contribution < 1.29 is 107 Å². The smallest absolute Gasteiger partial charge is 0.307 e. The van der Waals surface area contributed by atoms with Gasteiger partial charge in [-0.2, -0.15) is 0 Å². The van der Waals surface area contributed by atoms with Gasteiger partial charge in [-0.15, -0.1) is 0 Å². The summed E-state index contributed by atoms with van der Waals surface area (Å²) in [4.78, 5) is 56.9. The lowest BCUT2D eigenvalue weighted by atomic mass is 10.1. The van der Waals surface area contributed by atoms with E-state index in [9.17, 15) is 71.5 Å². The van der Waals surface area contributed by atoms with Crippen LogP contribution in [0, 0.1) is 63.7 Å². The summed E-state index contributed by atoms with van der Waals surface area (Å²) in [5.41, 5.74) is 8.35. The van der Waals surface area contributed by atoms with Crippen molar-refractivity contribution in [2.24, 2.45) is 14.1 Å². The topological polar surface area (TPSA) is 364 Å². The van der Waals surface area contributed by atoms with Crippen LogP contribution in [0.5, 0.6) is 28.7 Å². The number of phenols is 5. The number of carboxylic acids is 5. The molecule has 27 heteroatoms. The lowest BCUT2D eigenvalue weighted by Gasteiger charge is -2.06. The summed E-state index contributed by atoms with van der Waals surface area (Å²) >= 11 is 0. The summed E-state index contributed by atoms with van der Waals surface area (Å²) in [5.74, 6) is -11.2. The number of hydrogen-bond acceptors (Lipinski definition) is 12. The summed E-state index contributed by atoms with van der Waals surface area (Å²) < 4.78 is 74.4. The Morgan fingerprint density at radius 3 is 1.23 bits per heavy atom. The monoisotopic (exact) mass is 1230 g/mol. The number of aromatic hydroxyl groups is 5. The Morgan fingerprint density at radius 2 is 0.750 bits per heavy atom. The number of aliphatic hydroxyl groups is 2. The van der Waals surface area contributed by atoms with Gasteiger partial charge in [-0.05, 0) is 105 Å². The van der Waals surface area contributed by atoms with Gasteiger partial charge in [0.1, 0.15) is 0 Å². The Hall–Kier alpha value is -10.3. The number of phenolic OH excluding ortho intramolecular Hbond substituents is 5. The highest BCUT2D eigenvalue weighted by Gasteiger charge is 2.24. The van der Waals surface area contributed by atoms with Crippen molar-refractivity contribution in [2.45, 2.75) is 79.8 Å². The number of benzene rings is 5. The van der Waals surface area contributed by atoms with Crippen molar-refractivity contribution in [1.82, 2.24) is 23.3 Å². The molecule has 0 spiro atoms. The Bertz CT molecular complexity index is 4370. The van der Waals surface area contributed by atoms with E-state index < -0.39 is 87.7 Å². The van der Waals surface area contributed by atoms with Crippen molar-refractivity contribution in [3.63, 3.8) is 0 Å². The molecular weight excluding hydrogens is 1170 g/mol. The fourth-order valence-electron chi connectivity index (χ4n) is 10.5. The second-order valence-corrected chi connectivity index (χ2v) is 20.3. The molecule has 5 heterocycles. The van der Waals surface area contributed by atoms with E-state index in [0.717, 1.165) is 17.8 Å². The number of fused-ring (bicyclic) bond motifs is 5. The Morgan fingerprint density at radius 1 is 0.409 bits per heavy atom. The molecule has 22 nitrogen and oxygen atoms in total. The lowest BCUT2D eigenvalue weighted by Crippen LogP contribution is -2.06. The number of nitrogens with one attached hydrogen (secondary N) is 1. The highest BCUT2D eigenvalue weighted by Crippen LogP contribution is 2.36. The highest BCUT2D eigenvalue weighted by molar-refractivity contribution is 5.94. The van der Waals surface area contributed by atoms with E-state index in [1.807, 2.05) is 0 Å². The van der Waals surface area contributed by atoms with Crippen LogP contribution in [-0.4, -0.2) is 128 Å². The van der Waals surface area contributed by atoms with E-state index in [4.69, 9.17) is 35.7 Å². The first-order chi connectivity index (χ1) is 41.3. The molecule has 0 atom stereocenters. The molecular formula is C61H62F5N5O17. The molecule has 0 aliphatic heterocycles. The molecule has 0 aliphatic carbocycles. The van der Waals surface area contributed by atoms with E-state index >= 15 is 0 Å². The van der Waals surface area contributed by atoms with E-state index in [2.05, 4.69) is 4.98 Å². The van der Waals surface area contributed by atoms with Crippen LogP contribution in [0.2, 0.25) is 0 Å².